The van der Waals surface area contributed by atoms with Crippen LogP contribution in [0.5, 0.6) is 0 Å². The highest BCUT2D eigenvalue weighted by Crippen LogP contribution is 2.26. The second-order valence-corrected chi connectivity index (χ2v) is 4.86. The summed E-state index contributed by atoms with van der Waals surface area (Å²) in [4.78, 5) is 12.4. The smallest absolute Gasteiger partial charge is 0.328 e. The van der Waals surface area contributed by atoms with Crippen molar-refractivity contribution in [3.8, 4) is 0 Å². The van der Waals surface area contributed by atoms with Gasteiger partial charge in [-0.3, -0.25) is 0 Å². The van der Waals surface area contributed by atoms with Gasteiger partial charge in [-0.2, -0.15) is 0 Å². The Morgan fingerprint density at radius 3 is 3.05 bits per heavy atom. The minimum absolute atomic E-state index is 0.107. The Morgan fingerprint density at radius 1 is 1.60 bits per heavy atom. The monoisotopic (exact) mass is 279 g/mol. The lowest BCUT2D eigenvalue weighted by molar-refractivity contribution is -0.131. The maximum atomic E-state index is 14.0. The number of nitrogens with zero attached hydrogens (tertiary/aromatic N) is 1. The number of likely N-dealkylation sites (N-methyl/N-ethyl adjacent to an activating group) is 1. The number of ether oxygens (including phenoxy) is 1. The van der Waals surface area contributed by atoms with Crippen LogP contribution in [0.3, 0.4) is 0 Å². The maximum Gasteiger partial charge on any atom is 0.328 e. The number of para-hydroxylation sites is 1. The Kier molecular flexibility index (Phi) is 4.74. The van der Waals surface area contributed by atoms with Crippen LogP contribution in [0.1, 0.15) is 18.4 Å². The number of carboxylic acids is 1. The van der Waals surface area contributed by atoms with Gasteiger partial charge in [-0.05, 0) is 25.0 Å². The van der Waals surface area contributed by atoms with Crippen LogP contribution in [0.2, 0.25) is 0 Å². The van der Waals surface area contributed by atoms with Crippen LogP contribution < -0.4 is 4.90 Å². The first-order valence-electron chi connectivity index (χ1n) is 6.60. The molecule has 0 spiro atoms. The average Bonchev–Trinajstić information content (AvgIpc) is 2.88. The molecule has 1 unspecified atom stereocenters. The van der Waals surface area contributed by atoms with Gasteiger partial charge in [-0.15, -0.1) is 0 Å². The summed E-state index contributed by atoms with van der Waals surface area (Å²) in [6.45, 7) is 1.34. The number of benzene rings is 1. The summed E-state index contributed by atoms with van der Waals surface area (Å²) in [7, 11) is 1.79. The lowest BCUT2D eigenvalue weighted by atomic mass is 10.1. The van der Waals surface area contributed by atoms with Crippen LogP contribution in [0.15, 0.2) is 24.3 Å². The van der Waals surface area contributed by atoms with E-state index >= 15 is 0 Å². The van der Waals surface area contributed by atoms with Gasteiger partial charge in [0.1, 0.15) is 5.82 Å². The van der Waals surface area contributed by atoms with Gasteiger partial charge in [0, 0.05) is 31.8 Å². The molecule has 0 amide bonds. The molecule has 108 valence electrons. The van der Waals surface area contributed by atoms with Gasteiger partial charge in [0.15, 0.2) is 0 Å². The van der Waals surface area contributed by atoms with Crippen molar-refractivity contribution in [1.82, 2.24) is 0 Å². The van der Waals surface area contributed by atoms with E-state index in [0.29, 0.717) is 17.8 Å². The zero-order valence-corrected chi connectivity index (χ0v) is 11.4. The molecule has 0 radical (unpaired) electrons. The van der Waals surface area contributed by atoms with E-state index < -0.39 is 5.97 Å². The van der Waals surface area contributed by atoms with Gasteiger partial charge < -0.3 is 14.7 Å². The summed E-state index contributed by atoms with van der Waals surface area (Å²) in [6, 6.07) is 4.64. The van der Waals surface area contributed by atoms with Crippen LogP contribution in [-0.2, 0) is 9.53 Å². The van der Waals surface area contributed by atoms with E-state index in [-0.39, 0.29) is 11.9 Å². The first-order chi connectivity index (χ1) is 9.58. The SMILES string of the molecule is CN(CC1CCCO1)c1c(F)cccc1/C=C/C(=O)O. The summed E-state index contributed by atoms with van der Waals surface area (Å²) in [5.41, 5.74) is 0.952. The third-order valence-electron chi connectivity index (χ3n) is 3.31. The van der Waals surface area contributed by atoms with Gasteiger partial charge in [0.25, 0.3) is 0 Å². The Hall–Kier alpha value is -1.88. The van der Waals surface area contributed by atoms with Crippen LogP contribution in [0.4, 0.5) is 10.1 Å². The Labute approximate surface area is 117 Å². The third kappa shape index (κ3) is 3.57. The van der Waals surface area contributed by atoms with Crippen LogP contribution in [0.25, 0.3) is 6.08 Å². The molecule has 1 atom stereocenters. The van der Waals surface area contributed by atoms with Crippen molar-refractivity contribution in [2.75, 3.05) is 25.1 Å². The third-order valence-corrected chi connectivity index (χ3v) is 3.31. The first-order valence-corrected chi connectivity index (χ1v) is 6.60. The number of hydrogen-bond donors (Lipinski definition) is 1. The molecule has 0 bridgehead atoms. The summed E-state index contributed by atoms with van der Waals surface area (Å²) < 4.78 is 19.6. The molecule has 1 aliphatic rings. The Balaban J connectivity index is 2.21. The van der Waals surface area contributed by atoms with E-state index in [1.165, 1.54) is 12.1 Å². The number of anilines is 1. The number of halogens is 1. The highest BCUT2D eigenvalue weighted by atomic mass is 19.1. The minimum atomic E-state index is -1.05. The zero-order valence-electron chi connectivity index (χ0n) is 11.4. The number of carbonyl (C=O) groups is 1. The molecule has 20 heavy (non-hydrogen) atoms. The van der Waals surface area contributed by atoms with Crippen LogP contribution in [-0.4, -0.2) is 37.4 Å². The molecule has 5 heteroatoms. The lowest BCUT2D eigenvalue weighted by Gasteiger charge is -2.24. The molecule has 0 aliphatic carbocycles. The molecular weight excluding hydrogens is 261 g/mol. The molecule has 1 aromatic carbocycles. The number of rotatable bonds is 5. The quantitative estimate of drug-likeness (QED) is 0.841. The molecule has 1 aromatic rings. The highest BCUT2D eigenvalue weighted by molar-refractivity contribution is 5.87. The fourth-order valence-electron chi connectivity index (χ4n) is 2.42. The molecule has 2 rings (SSSR count). The average molecular weight is 279 g/mol. The van der Waals surface area contributed by atoms with Gasteiger partial charge in [-0.1, -0.05) is 12.1 Å². The van der Waals surface area contributed by atoms with Gasteiger partial charge >= 0.3 is 5.97 Å². The summed E-state index contributed by atoms with van der Waals surface area (Å²) in [5.74, 6) is -1.42. The molecular formula is C15H18FNO3. The molecule has 4 nitrogen and oxygen atoms in total. The maximum absolute atomic E-state index is 14.0. The van der Waals surface area contributed by atoms with E-state index in [4.69, 9.17) is 9.84 Å². The number of aliphatic carboxylic acids is 1. The van der Waals surface area contributed by atoms with Crippen molar-refractivity contribution in [3.63, 3.8) is 0 Å². The molecule has 1 saturated heterocycles. The fraction of sp³-hybridized carbons (Fsp3) is 0.400. The Morgan fingerprint density at radius 2 is 2.40 bits per heavy atom. The minimum Gasteiger partial charge on any atom is -0.478 e. The fourth-order valence-corrected chi connectivity index (χ4v) is 2.42. The van der Waals surface area contributed by atoms with Crippen LogP contribution >= 0.6 is 0 Å². The number of hydrogen-bond acceptors (Lipinski definition) is 3. The molecule has 1 fully saturated rings. The molecule has 0 saturated carbocycles. The molecule has 0 aromatic heterocycles. The van der Waals surface area contributed by atoms with Crippen molar-refractivity contribution < 1.29 is 19.0 Å². The van der Waals surface area contributed by atoms with Gasteiger partial charge in [-0.25, -0.2) is 9.18 Å². The second-order valence-electron chi connectivity index (χ2n) is 4.86. The molecule has 1 aliphatic heterocycles. The summed E-state index contributed by atoms with van der Waals surface area (Å²) >= 11 is 0. The van der Waals surface area contributed by atoms with E-state index in [0.717, 1.165) is 25.5 Å². The lowest BCUT2D eigenvalue weighted by Crippen LogP contribution is -2.29. The summed E-state index contributed by atoms with van der Waals surface area (Å²) in [6.07, 6.45) is 4.53. The van der Waals surface area contributed by atoms with Crippen molar-refractivity contribution in [3.05, 3.63) is 35.7 Å². The normalized spacial score (nSPS) is 18.6. The van der Waals surface area contributed by atoms with Gasteiger partial charge in [0.2, 0.25) is 0 Å². The second kappa shape index (κ2) is 6.52. The van der Waals surface area contributed by atoms with Crippen molar-refractivity contribution in [1.29, 1.82) is 0 Å². The van der Waals surface area contributed by atoms with E-state index in [2.05, 4.69) is 0 Å². The molecule has 1 N–H and O–H groups in total. The largest absolute Gasteiger partial charge is 0.478 e. The van der Waals surface area contributed by atoms with Crippen molar-refractivity contribution in [2.45, 2.75) is 18.9 Å². The van der Waals surface area contributed by atoms with E-state index in [1.807, 2.05) is 0 Å². The molecule has 1 heterocycles. The van der Waals surface area contributed by atoms with E-state index in [9.17, 15) is 9.18 Å². The predicted molar refractivity (Wildman–Crippen MR) is 75.3 cm³/mol. The predicted octanol–water partition coefficient (Wildman–Crippen LogP) is 2.54. The standard InChI is InChI=1S/C15H18FNO3/c1-17(10-12-5-3-9-20-12)15-11(7-8-14(18)19)4-2-6-13(15)16/h2,4,6-8,12H,3,5,9-10H2,1H3,(H,18,19)/b8-7+. The zero-order chi connectivity index (χ0) is 14.5. The summed E-state index contributed by atoms with van der Waals surface area (Å²) in [5, 5.41) is 8.69. The topological polar surface area (TPSA) is 49.8 Å². The van der Waals surface area contributed by atoms with E-state index in [1.54, 1.807) is 24.1 Å². The van der Waals surface area contributed by atoms with Crippen molar-refractivity contribution >= 4 is 17.7 Å². The van der Waals surface area contributed by atoms with Crippen molar-refractivity contribution in [2.24, 2.45) is 0 Å². The first kappa shape index (κ1) is 14.5. The van der Waals surface area contributed by atoms with Crippen LogP contribution in [0, 0.1) is 5.82 Å². The van der Waals surface area contributed by atoms with Gasteiger partial charge in [0.05, 0.1) is 11.8 Å². The highest BCUT2D eigenvalue weighted by Gasteiger charge is 2.20. The number of carboxylic acid groups (broad SMARTS) is 1. The Bertz CT molecular complexity index is 510.